The van der Waals surface area contributed by atoms with E-state index in [-0.39, 0.29) is 17.3 Å². The van der Waals surface area contributed by atoms with Crippen molar-refractivity contribution in [1.82, 2.24) is 24.8 Å². The van der Waals surface area contributed by atoms with Crippen molar-refractivity contribution in [2.75, 3.05) is 5.43 Å². The summed E-state index contributed by atoms with van der Waals surface area (Å²) in [7, 11) is 0. The molecule has 4 rings (SSSR count). The second kappa shape index (κ2) is 8.02. The summed E-state index contributed by atoms with van der Waals surface area (Å²) >= 11 is 0. The number of benzene rings is 2. The highest BCUT2D eigenvalue weighted by atomic mass is 19.1. The Hall–Kier alpha value is -4.01. The number of anilines is 1. The number of hydrazine groups is 1. The molecular weight excluding hydrogens is 399 g/mol. The number of nitrogens with zero attached hydrogens (tertiary/aromatic N) is 4. The van der Waals surface area contributed by atoms with Crippen LogP contribution in [0.25, 0.3) is 16.6 Å². The molecule has 0 radical (unpaired) electrons. The molecule has 2 heterocycles. The number of hydrogen-bond donors (Lipinski definition) is 2. The minimum absolute atomic E-state index is 0.193. The standard InChI is InChI=1S/C22H21FN6O2/c1-4-28-21(31)17-7-5-6-8-18(17)24-22(28)26-25-20(30)19-13(2)27-29(14(19)3)16-11-9-15(23)10-12-16/h5-12H,4H2,1-3H3,(H,24,26)(H,25,30). The van der Waals surface area contributed by atoms with Gasteiger partial charge in [0.05, 0.1) is 33.5 Å². The fourth-order valence-electron chi connectivity index (χ4n) is 3.54. The highest BCUT2D eigenvalue weighted by Crippen LogP contribution is 2.18. The Balaban J connectivity index is 1.63. The van der Waals surface area contributed by atoms with Gasteiger partial charge in [0.25, 0.3) is 11.5 Å². The number of carbonyl (C=O) groups excluding carboxylic acids is 1. The molecule has 0 aliphatic heterocycles. The number of aryl methyl sites for hydroxylation is 1. The first-order valence-corrected chi connectivity index (χ1v) is 9.78. The van der Waals surface area contributed by atoms with Gasteiger partial charge in [-0.2, -0.15) is 5.10 Å². The van der Waals surface area contributed by atoms with E-state index in [9.17, 15) is 14.0 Å². The van der Waals surface area contributed by atoms with E-state index >= 15 is 0 Å². The molecule has 2 aromatic heterocycles. The van der Waals surface area contributed by atoms with Crippen molar-refractivity contribution in [3.05, 3.63) is 81.7 Å². The number of amides is 1. The normalized spacial score (nSPS) is 11.0. The van der Waals surface area contributed by atoms with Crippen molar-refractivity contribution in [1.29, 1.82) is 0 Å². The van der Waals surface area contributed by atoms with Crippen LogP contribution in [0.15, 0.2) is 53.3 Å². The van der Waals surface area contributed by atoms with E-state index < -0.39 is 5.91 Å². The number of halogens is 1. The lowest BCUT2D eigenvalue weighted by Crippen LogP contribution is -2.34. The Morgan fingerprint density at radius 3 is 2.52 bits per heavy atom. The van der Waals surface area contributed by atoms with E-state index in [4.69, 9.17) is 0 Å². The molecule has 0 aliphatic rings. The maximum Gasteiger partial charge on any atom is 0.273 e. The topological polar surface area (TPSA) is 93.8 Å². The van der Waals surface area contributed by atoms with Crippen LogP contribution in [0, 0.1) is 19.7 Å². The number of rotatable bonds is 5. The first-order chi connectivity index (χ1) is 14.9. The number of carbonyl (C=O) groups is 1. The number of aromatic nitrogens is 4. The van der Waals surface area contributed by atoms with Gasteiger partial charge in [-0.05, 0) is 57.2 Å². The Labute approximate surface area is 177 Å². The predicted octanol–water partition coefficient (Wildman–Crippen LogP) is 3.11. The maximum atomic E-state index is 13.2. The number of fused-ring (bicyclic) bond motifs is 1. The summed E-state index contributed by atoms with van der Waals surface area (Å²) in [5, 5.41) is 4.92. The van der Waals surface area contributed by atoms with Crippen LogP contribution in [-0.2, 0) is 6.54 Å². The second-order valence-corrected chi connectivity index (χ2v) is 7.02. The summed E-state index contributed by atoms with van der Waals surface area (Å²) in [6.07, 6.45) is 0. The third-order valence-corrected chi connectivity index (χ3v) is 5.06. The molecule has 0 saturated heterocycles. The molecule has 2 N–H and O–H groups in total. The Bertz CT molecular complexity index is 1340. The lowest BCUT2D eigenvalue weighted by atomic mass is 10.2. The lowest BCUT2D eigenvalue weighted by Gasteiger charge is -2.14. The highest BCUT2D eigenvalue weighted by molar-refractivity contribution is 5.97. The van der Waals surface area contributed by atoms with E-state index in [1.165, 1.54) is 16.7 Å². The van der Waals surface area contributed by atoms with Crippen LogP contribution in [0.3, 0.4) is 0 Å². The first-order valence-electron chi connectivity index (χ1n) is 9.78. The molecule has 0 atom stereocenters. The van der Waals surface area contributed by atoms with Gasteiger partial charge in [-0.15, -0.1) is 0 Å². The molecule has 0 bridgehead atoms. The van der Waals surface area contributed by atoms with E-state index in [1.807, 2.05) is 6.92 Å². The van der Waals surface area contributed by atoms with Crippen LogP contribution >= 0.6 is 0 Å². The van der Waals surface area contributed by atoms with Crippen molar-refractivity contribution in [3.63, 3.8) is 0 Å². The van der Waals surface area contributed by atoms with Crippen LogP contribution in [-0.4, -0.2) is 25.2 Å². The van der Waals surface area contributed by atoms with Crippen LogP contribution in [0.4, 0.5) is 10.3 Å². The number of hydrogen-bond acceptors (Lipinski definition) is 5. The maximum absolute atomic E-state index is 13.2. The van der Waals surface area contributed by atoms with E-state index in [0.29, 0.717) is 40.1 Å². The Morgan fingerprint density at radius 2 is 1.81 bits per heavy atom. The summed E-state index contributed by atoms with van der Waals surface area (Å²) < 4.78 is 16.3. The Morgan fingerprint density at radius 1 is 1.10 bits per heavy atom. The minimum atomic E-state index is -0.423. The van der Waals surface area contributed by atoms with Crippen molar-refractivity contribution < 1.29 is 9.18 Å². The molecule has 0 spiro atoms. The molecule has 0 saturated carbocycles. The van der Waals surface area contributed by atoms with Crippen molar-refractivity contribution >= 4 is 22.8 Å². The van der Waals surface area contributed by atoms with Gasteiger partial charge in [0.1, 0.15) is 5.82 Å². The fourth-order valence-corrected chi connectivity index (χ4v) is 3.54. The monoisotopic (exact) mass is 420 g/mol. The summed E-state index contributed by atoms with van der Waals surface area (Å²) in [5.41, 5.74) is 7.86. The molecule has 2 aromatic carbocycles. The largest absolute Gasteiger partial charge is 0.277 e. The molecule has 0 aliphatic carbocycles. The van der Waals surface area contributed by atoms with E-state index in [1.54, 1.807) is 54.9 Å². The zero-order valence-electron chi connectivity index (χ0n) is 17.3. The first kappa shape index (κ1) is 20.3. The number of para-hydroxylation sites is 1. The Kier molecular flexibility index (Phi) is 5.24. The highest BCUT2D eigenvalue weighted by Gasteiger charge is 2.20. The average molecular weight is 420 g/mol. The SMILES string of the molecule is CCn1c(NNC(=O)c2c(C)nn(-c3ccc(F)cc3)c2C)nc2ccccc2c1=O. The average Bonchev–Trinajstić information content (AvgIpc) is 3.06. The molecule has 158 valence electrons. The van der Waals surface area contributed by atoms with Crippen LogP contribution in [0.1, 0.15) is 28.7 Å². The van der Waals surface area contributed by atoms with E-state index in [0.717, 1.165) is 0 Å². The third kappa shape index (κ3) is 3.65. The second-order valence-electron chi connectivity index (χ2n) is 7.02. The van der Waals surface area contributed by atoms with Crippen LogP contribution in [0.5, 0.6) is 0 Å². The van der Waals surface area contributed by atoms with Gasteiger partial charge >= 0.3 is 0 Å². The summed E-state index contributed by atoms with van der Waals surface area (Å²) in [6.45, 7) is 5.69. The van der Waals surface area contributed by atoms with Crippen molar-refractivity contribution in [2.45, 2.75) is 27.3 Å². The zero-order valence-corrected chi connectivity index (χ0v) is 17.3. The molecule has 4 aromatic rings. The van der Waals surface area contributed by atoms with Gasteiger partial charge in [0, 0.05) is 6.54 Å². The summed E-state index contributed by atoms with van der Waals surface area (Å²) in [6, 6.07) is 12.9. The lowest BCUT2D eigenvalue weighted by molar-refractivity contribution is 0.0961. The summed E-state index contributed by atoms with van der Waals surface area (Å²) in [4.78, 5) is 30.1. The van der Waals surface area contributed by atoms with Crippen molar-refractivity contribution in [3.8, 4) is 5.69 Å². The molecule has 0 unspecified atom stereocenters. The quantitative estimate of drug-likeness (QED) is 0.484. The third-order valence-electron chi connectivity index (χ3n) is 5.06. The molecule has 0 fully saturated rings. The minimum Gasteiger partial charge on any atom is -0.277 e. The molecular formula is C22H21FN6O2. The van der Waals surface area contributed by atoms with E-state index in [2.05, 4.69) is 20.9 Å². The van der Waals surface area contributed by atoms with Gasteiger partial charge in [0.2, 0.25) is 5.95 Å². The number of nitrogens with one attached hydrogen (secondary N) is 2. The van der Waals surface area contributed by atoms with Gasteiger partial charge in [-0.3, -0.25) is 25.0 Å². The van der Waals surface area contributed by atoms with Gasteiger partial charge < -0.3 is 0 Å². The smallest absolute Gasteiger partial charge is 0.273 e. The van der Waals surface area contributed by atoms with Crippen molar-refractivity contribution in [2.24, 2.45) is 0 Å². The van der Waals surface area contributed by atoms with Gasteiger partial charge in [-0.25, -0.2) is 14.1 Å². The predicted molar refractivity (Wildman–Crippen MR) is 116 cm³/mol. The summed E-state index contributed by atoms with van der Waals surface area (Å²) in [5.74, 6) is -0.536. The van der Waals surface area contributed by atoms with Gasteiger partial charge in [0.15, 0.2) is 0 Å². The van der Waals surface area contributed by atoms with Gasteiger partial charge in [-0.1, -0.05) is 12.1 Å². The molecule has 9 heteroatoms. The fraction of sp³-hybridized carbons (Fsp3) is 0.182. The van der Waals surface area contributed by atoms with Crippen LogP contribution in [0.2, 0.25) is 0 Å². The molecule has 1 amide bonds. The van der Waals surface area contributed by atoms with Crippen LogP contribution < -0.4 is 16.4 Å². The molecule has 31 heavy (non-hydrogen) atoms. The zero-order chi connectivity index (χ0) is 22.1. The molecule has 8 nitrogen and oxygen atoms in total.